The summed E-state index contributed by atoms with van der Waals surface area (Å²) in [5.41, 5.74) is 0.881. The molecule has 31 heavy (non-hydrogen) atoms. The van der Waals surface area contributed by atoms with E-state index in [2.05, 4.69) is 0 Å². The fourth-order valence-corrected chi connectivity index (χ4v) is 4.30. The summed E-state index contributed by atoms with van der Waals surface area (Å²) in [4.78, 5) is 22.4. The molecule has 0 saturated heterocycles. The maximum atomic E-state index is 13.0. The van der Waals surface area contributed by atoms with Crippen LogP contribution >= 0.6 is 0 Å². The number of ether oxygens (including phenoxy) is 1. The molecule has 0 atom stereocenters. The van der Waals surface area contributed by atoms with Crippen molar-refractivity contribution in [3.05, 3.63) is 100 Å². The maximum Gasteiger partial charge on any atom is 0.343 e. The molecule has 0 unspecified atom stereocenters. The van der Waals surface area contributed by atoms with Gasteiger partial charge in [-0.3, -0.25) is 10.1 Å². The predicted molar refractivity (Wildman–Crippen MR) is 114 cm³/mol. The van der Waals surface area contributed by atoms with Gasteiger partial charge in [-0.1, -0.05) is 37.3 Å². The van der Waals surface area contributed by atoms with Gasteiger partial charge in [-0.2, -0.15) is 4.31 Å². The molecule has 3 aromatic rings. The second kappa shape index (κ2) is 9.50. The molecule has 0 spiro atoms. The lowest BCUT2D eigenvalue weighted by Crippen LogP contribution is -2.30. The average Bonchev–Trinajstić information content (AvgIpc) is 2.78. The monoisotopic (exact) mass is 440 g/mol. The van der Waals surface area contributed by atoms with E-state index < -0.39 is 20.9 Å². The van der Waals surface area contributed by atoms with Crippen molar-refractivity contribution in [3.63, 3.8) is 0 Å². The average molecular weight is 440 g/mol. The van der Waals surface area contributed by atoms with E-state index in [9.17, 15) is 23.3 Å². The highest BCUT2D eigenvalue weighted by Gasteiger charge is 2.23. The first-order chi connectivity index (χ1) is 14.8. The largest absolute Gasteiger partial charge is 0.423 e. The zero-order chi connectivity index (χ0) is 22.4. The van der Waals surface area contributed by atoms with Gasteiger partial charge in [-0.25, -0.2) is 13.2 Å². The van der Waals surface area contributed by atoms with Crippen molar-refractivity contribution in [2.75, 3.05) is 6.54 Å². The summed E-state index contributed by atoms with van der Waals surface area (Å²) in [7, 11) is -3.73. The molecule has 0 aliphatic rings. The zero-order valence-electron chi connectivity index (χ0n) is 16.7. The normalized spacial score (nSPS) is 11.3. The molecular formula is C22H20N2O6S. The van der Waals surface area contributed by atoms with E-state index in [0.29, 0.717) is 6.54 Å². The summed E-state index contributed by atoms with van der Waals surface area (Å²) < 4.78 is 32.5. The Morgan fingerprint density at radius 1 is 0.968 bits per heavy atom. The van der Waals surface area contributed by atoms with Crippen LogP contribution in [0.15, 0.2) is 83.8 Å². The fraction of sp³-hybridized carbons (Fsp3) is 0.136. The van der Waals surface area contributed by atoms with Crippen LogP contribution in [0.1, 0.15) is 22.8 Å². The number of benzene rings is 3. The van der Waals surface area contributed by atoms with E-state index in [-0.39, 0.29) is 28.4 Å². The second-order valence-electron chi connectivity index (χ2n) is 6.58. The minimum atomic E-state index is -3.73. The van der Waals surface area contributed by atoms with Gasteiger partial charge in [-0.05, 0) is 42.0 Å². The number of esters is 1. The number of sulfonamides is 1. The second-order valence-corrected chi connectivity index (χ2v) is 8.52. The van der Waals surface area contributed by atoms with Gasteiger partial charge in [0.05, 0.1) is 15.4 Å². The first-order valence-corrected chi connectivity index (χ1v) is 10.9. The summed E-state index contributed by atoms with van der Waals surface area (Å²) in [6.45, 7) is 2.31. The summed E-state index contributed by atoms with van der Waals surface area (Å²) in [5, 5.41) is 10.7. The summed E-state index contributed by atoms with van der Waals surface area (Å²) in [5.74, 6) is -0.543. The van der Waals surface area contributed by atoms with Gasteiger partial charge in [0.15, 0.2) is 0 Å². The van der Waals surface area contributed by atoms with Gasteiger partial charge in [-0.15, -0.1) is 0 Å². The Balaban J connectivity index is 1.72. The molecule has 0 saturated carbocycles. The van der Waals surface area contributed by atoms with Crippen molar-refractivity contribution in [1.29, 1.82) is 0 Å². The number of hydrogen-bond donors (Lipinski definition) is 0. The lowest BCUT2D eigenvalue weighted by Gasteiger charge is -2.20. The fourth-order valence-electron chi connectivity index (χ4n) is 2.87. The quantitative estimate of drug-likeness (QED) is 0.227. The van der Waals surface area contributed by atoms with Crippen LogP contribution < -0.4 is 4.74 Å². The Kier molecular flexibility index (Phi) is 6.78. The minimum Gasteiger partial charge on any atom is -0.423 e. The molecule has 0 aromatic heterocycles. The highest BCUT2D eigenvalue weighted by molar-refractivity contribution is 7.89. The third-order valence-corrected chi connectivity index (χ3v) is 6.48. The number of rotatable bonds is 8. The van der Waals surface area contributed by atoms with Crippen LogP contribution in [0.25, 0.3) is 0 Å². The Labute approximate surface area is 179 Å². The molecular weight excluding hydrogens is 420 g/mol. The predicted octanol–water partition coefficient (Wildman–Crippen LogP) is 4.02. The van der Waals surface area contributed by atoms with Crippen molar-refractivity contribution >= 4 is 21.7 Å². The number of nitrogens with zero attached hydrogens (tertiary/aromatic N) is 2. The standard InChI is InChI=1S/C22H20N2O6S/c1-2-23(16-17-6-4-3-5-7-17)31(28,29)21-14-12-20(13-15-21)30-22(25)18-8-10-19(11-9-18)24(26)27/h3-15H,2,16H2,1H3. The topological polar surface area (TPSA) is 107 Å². The van der Waals surface area contributed by atoms with Crippen LogP contribution in [0.4, 0.5) is 5.69 Å². The molecule has 0 N–H and O–H groups in total. The molecule has 0 amide bonds. The maximum absolute atomic E-state index is 13.0. The van der Waals surface area contributed by atoms with Crippen LogP contribution in [-0.4, -0.2) is 30.2 Å². The Morgan fingerprint density at radius 3 is 2.13 bits per heavy atom. The number of nitro benzene ring substituents is 1. The zero-order valence-corrected chi connectivity index (χ0v) is 17.5. The van der Waals surface area contributed by atoms with Crippen LogP contribution in [0.2, 0.25) is 0 Å². The third kappa shape index (κ3) is 5.33. The summed E-state index contributed by atoms with van der Waals surface area (Å²) >= 11 is 0. The molecule has 0 radical (unpaired) electrons. The van der Waals surface area contributed by atoms with Gasteiger partial charge in [0, 0.05) is 25.2 Å². The molecule has 0 aliphatic carbocycles. The van der Waals surface area contributed by atoms with E-state index in [0.717, 1.165) is 5.56 Å². The summed E-state index contributed by atoms with van der Waals surface area (Å²) in [6.07, 6.45) is 0. The number of hydrogen-bond acceptors (Lipinski definition) is 6. The van der Waals surface area contributed by atoms with Gasteiger partial charge in [0.1, 0.15) is 5.75 Å². The molecule has 8 nitrogen and oxygen atoms in total. The molecule has 9 heteroatoms. The molecule has 160 valence electrons. The SMILES string of the molecule is CCN(Cc1ccccc1)S(=O)(=O)c1ccc(OC(=O)c2ccc([N+](=O)[O-])cc2)cc1. The van der Waals surface area contributed by atoms with Crippen molar-refractivity contribution < 1.29 is 22.9 Å². The molecule has 3 rings (SSSR count). The van der Waals surface area contributed by atoms with Crippen molar-refractivity contribution in [2.45, 2.75) is 18.4 Å². The lowest BCUT2D eigenvalue weighted by molar-refractivity contribution is -0.384. The first kappa shape index (κ1) is 22.1. The van der Waals surface area contributed by atoms with E-state index in [1.165, 1.54) is 52.8 Å². The van der Waals surface area contributed by atoms with E-state index in [1.54, 1.807) is 6.92 Å². The Hall–Kier alpha value is -3.56. The van der Waals surface area contributed by atoms with Crippen LogP contribution in [0.3, 0.4) is 0 Å². The van der Waals surface area contributed by atoms with Crippen molar-refractivity contribution in [3.8, 4) is 5.75 Å². The van der Waals surface area contributed by atoms with E-state index in [4.69, 9.17) is 4.74 Å². The number of carbonyl (C=O) groups excluding carboxylic acids is 1. The van der Waals surface area contributed by atoms with Gasteiger partial charge < -0.3 is 4.74 Å². The number of nitro groups is 1. The minimum absolute atomic E-state index is 0.0837. The van der Waals surface area contributed by atoms with Crippen LogP contribution in [0.5, 0.6) is 5.75 Å². The van der Waals surface area contributed by atoms with Crippen LogP contribution in [-0.2, 0) is 16.6 Å². The van der Waals surface area contributed by atoms with Crippen LogP contribution in [0, 0.1) is 10.1 Å². The number of carbonyl (C=O) groups is 1. The van der Waals surface area contributed by atoms with E-state index in [1.807, 2.05) is 30.3 Å². The molecule has 0 bridgehead atoms. The summed E-state index contributed by atoms with van der Waals surface area (Å²) in [6, 6.07) is 19.8. The van der Waals surface area contributed by atoms with Gasteiger partial charge >= 0.3 is 5.97 Å². The number of non-ortho nitro benzene ring substituents is 1. The molecule has 3 aromatic carbocycles. The van der Waals surface area contributed by atoms with Gasteiger partial charge in [0.2, 0.25) is 10.0 Å². The Morgan fingerprint density at radius 2 is 1.58 bits per heavy atom. The van der Waals surface area contributed by atoms with Crippen molar-refractivity contribution in [1.82, 2.24) is 4.31 Å². The lowest BCUT2D eigenvalue weighted by atomic mass is 10.2. The van der Waals surface area contributed by atoms with Gasteiger partial charge in [0.25, 0.3) is 5.69 Å². The molecule has 0 heterocycles. The molecule has 0 aliphatic heterocycles. The smallest absolute Gasteiger partial charge is 0.343 e. The highest BCUT2D eigenvalue weighted by Crippen LogP contribution is 2.22. The molecule has 0 fully saturated rings. The van der Waals surface area contributed by atoms with E-state index >= 15 is 0 Å². The Bertz CT molecular complexity index is 1160. The third-order valence-electron chi connectivity index (χ3n) is 4.54. The first-order valence-electron chi connectivity index (χ1n) is 9.42. The highest BCUT2D eigenvalue weighted by atomic mass is 32.2. The van der Waals surface area contributed by atoms with Crippen molar-refractivity contribution in [2.24, 2.45) is 0 Å².